The van der Waals surface area contributed by atoms with Crippen molar-refractivity contribution in [3.63, 3.8) is 0 Å². The van der Waals surface area contributed by atoms with Crippen LogP contribution in [-0.2, 0) is 18.3 Å². The molecule has 0 radical (unpaired) electrons. The minimum Gasteiger partial charge on any atom is -0.480 e. The van der Waals surface area contributed by atoms with Crippen LogP contribution in [0.1, 0.15) is 11.3 Å². The number of carbonyl (C=O) groups is 1. The van der Waals surface area contributed by atoms with Crippen LogP contribution in [0.3, 0.4) is 0 Å². The van der Waals surface area contributed by atoms with Gasteiger partial charge in [0.1, 0.15) is 5.75 Å². The first-order chi connectivity index (χ1) is 12.0. The number of hydrogen-bond acceptors (Lipinski definition) is 5. The van der Waals surface area contributed by atoms with Crippen molar-refractivity contribution in [2.24, 2.45) is 7.05 Å². The summed E-state index contributed by atoms with van der Waals surface area (Å²) in [6.45, 7) is 1.90. The third-order valence-corrected chi connectivity index (χ3v) is 5.34. The van der Waals surface area contributed by atoms with Crippen LogP contribution < -0.4 is 10.1 Å². The van der Waals surface area contributed by atoms with Gasteiger partial charge in [-0.2, -0.15) is 0 Å². The molecule has 0 saturated carbocycles. The van der Waals surface area contributed by atoms with Gasteiger partial charge in [0.25, 0.3) is 5.91 Å². The Morgan fingerprint density at radius 1 is 1.48 bits per heavy atom. The second kappa shape index (κ2) is 6.16. The topological polar surface area (TPSA) is 69.0 Å². The number of imidazole rings is 1. The van der Waals surface area contributed by atoms with E-state index < -0.39 is 6.10 Å². The largest absolute Gasteiger partial charge is 0.480 e. The molecule has 8 heteroatoms. The molecule has 0 fully saturated rings. The molecule has 3 heterocycles. The van der Waals surface area contributed by atoms with Gasteiger partial charge in [-0.25, -0.2) is 9.97 Å². The third-order valence-electron chi connectivity index (χ3n) is 4.04. The summed E-state index contributed by atoms with van der Waals surface area (Å²) < 4.78 is 7.64. The normalized spacial score (nSPS) is 15.7. The van der Waals surface area contributed by atoms with Crippen molar-refractivity contribution in [2.75, 3.05) is 5.32 Å². The number of carbonyl (C=O) groups excluding carboxylic acids is 1. The summed E-state index contributed by atoms with van der Waals surface area (Å²) in [7, 11) is 1.93. The van der Waals surface area contributed by atoms with Gasteiger partial charge >= 0.3 is 0 Å². The number of thiazole rings is 1. The molecule has 1 aliphatic rings. The number of aryl methyl sites for hydroxylation is 2. The number of aromatic nitrogens is 3. The average Bonchev–Trinajstić information content (AvgIpc) is 3.25. The second-order valence-corrected chi connectivity index (χ2v) is 7.28. The molecule has 128 valence electrons. The molecule has 4 rings (SSSR count). The monoisotopic (exact) mass is 374 g/mol. The summed E-state index contributed by atoms with van der Waals surface area (Å²) in [6.07, 6.45) is 3.54. The van der Waals surface area contributed by atoms with E-state index in [-0.39, 0.29) is 5.91 Å². The molecule has 0 unspecified atom stereocenters. The molecule has 1 aliphatic heterocycles. The van der Waals surface area contributed by atoms with Gasteiger partial charge in [-0.1, -0.05) is 22.9 Å². The van der Waals surface area contributed by atoms with E-state index in [4.69, 9.17) is 16.3 Å². The lowest BCUT2D eigenvalue weighted by Crippen LogP contribution is -2.31. The van der Waals surface area contributed by atoms with Crippen molar-refractivity contribution in [3.8, 4) is 16.5 Å². The fourth-order valence-corrected chi connectivity index (χ4v) is 3.99. The predicted molar refractivity (Wildman–Crippen MR) is 97.3 cm³/mol. The van der Waals surface area contributed by atoms with Crippen LogP contribution in [0.4, 0.5) is 5.13 Å². The van der Waals surface area contributed by atoms with Crippen LogP contribution in [0.25, 0.3) is 10.7 Å². The van der Waals surface area contributed by atoms with Crippen LogP contribution >= 0.6 is 22.9 Å². The van der Waals surface area contributed by atoms with Crippen LogP contribution in [-0.4, -0.2) is 26.5 Å². The Bertz CT molecular complexity index is 965. The highest BCUT2D eigenvalue weighted by Gasteiger charge is 2.30. The Morgan fingerprint density at radius 3 is 3.08 bits per heavy atom. The van der Waals surface area contributed by atoms with Crippen molar-refractivity contribution in [1.29, 1.82) is 0 Å². The smallest absolute Gasteiger partial charge is 0.267 e. The van der Waals surface area contributed by atoms with Crippen molar-refractivity contribution < 1.29 is 9.53 Å². The highest BCUT2D eigenvalue weighted by molar-refractivity contribution is 7.19. The van der Waals surface area contributed by atoms with Crippen molar-refractivity contribution in [1.82, 2.24) is 14.5 Å². The van der Waals surface area contributed by atoms with Gasteiger partial charge in [0.05, 0.1) is 10.6 Å². The highest BCUT2D eigenvalue weighted by Crippen LogP contribution is 2.33. The Hall–Kier alpha value is -2.38. The summed E-state index contributed by atoms with van der Waals surface area (Å²) in [4.78, 5) is 22.2. The van der Waals surface area contributed by atoms with Crippen molar-refractivity contribution in [2.45, 2.75) is 19.4 Å². The molecule has 0 spiro atoms. The highest BCUT2D eigenvalue weighted by atomic mass is 35.5. The van der Waals surface area contributed by atoms with Crippen molar-refractivity contribution >= 4 is 34.0 Å². The number of fused-ring (bicyclic) bond motifs is 1. The lowest BCUT2D eigenvalue weighted by atomic mass is 10.1. The maximum atomic E-state index is 12.5. The van der Waals surface area contributed by atoms with E-state index in [0.29, 0.717) is 22.3 Å². The predicted octanol–water partition coefficient (Wildman–Crippen LogP) is 3.45. The Labute approximate surface area is 153 Å². The maximum absolute atomic E-state index is 12.5. The van der Waals surface area contributed by atoms with Crippen LogP contribution in [0.2, 0.25) is 5.02 Å². The van der Waals surface area contributed by atoms with E-state index in [1.54, 1.807) is 18.3 Å². The number of amides is 1. The first-order valence-electron chi connectivity index (χ1n) is 7.72. The van der Waals surface area contributed by atoms with Gasteiger partial charge in [-0.05, 0) is 30.7 Å². The molecule has 6 nitrogen and oxygen atoms in total. The van der Waals surface area contributed by atoms with E-state index in [1.165, 1.54) is 11.3 Å². The average molecular weight is 375 g/mol. The summed E-state index contributed by atoms with van der Waals surface area (Å²) in [5, 5.41) is 4.03. The van der Waals surface area contributed by atoms with E-state index in [2.05, 4.69) is 15.3 Å². The summed E-state index contributed by atoms with van der Waals surface area (Å²) in [5.41, 5.74) is 1.77. The fraction of sp³-hybridized carbons (Fsp3) is 0.235. The lowest BCUT2D eigenvalue weighted by Gasteiger charge is -2.09. The minimum atomic E-state index is -0.575. The van der Waals surface area contributed by atoms with Crippen LogP contribution in [0, 0.1) is 6.92 Å². The number of nitrogens with zero attached hydrogens (tertiary/aromatic N) is 3. The van der Waals surface area contributed by atoms with Crippen molar-refractivity contribution in [3.05, 3.63) is 46.9 Å². The molecule has 1 aromatic carbocycles. The molecular weight excluding hydrogens is 360 g/mol. The quantitative estimate of drug-likeness (QED) is 0.762. The summed E-state index contributed by atoms with van der Waals surface area (Å²) >= 11 is 7.39. The molecule has 3 aromatic rings. The number of benzene rings is 1. The minimum absolute atomic E-state index is 0.215. The van der Waals surface area contributed by atoms with E-state index in [9.17, 15) is 4.79 Å². The number of halogens is 1. The van der Waals surface area contributed by atoms with Crippen LogP contribution in [0.5, 0.6) is 5.75 Å². The second-order valence-electron chi connectivity index (χ2n) is 5.85. The van der Waals surface area contributed by atoms with Gasteiger partial charge in [-0.15, -0.1) is 0 Å². The number of anilines is 1. The molecule has 25 heavy (non-hydrogen) atoms. The van der Waals surface area contributed by atoms with Gasteiger partial charge < -0.3 is 9.30 Å². The van der Waals surface area contributed by atoms with Gasteiger partial charge in [0.2, 0.25) is 0 Å². The molecule has 1 amide bonds. The third kappa shape index (κ3) is 3.01. The molecule has 0 aliphatic carbocycles. The van der Waals surface area contributed by atoms with Gasteiger partial charge in [0, 0.05) is 30.9 Å². The number of nitrogens with one attached hydrogen (secondary N) is 1. The van der Waals surface area contributed by atoms with Crippen LogP contribution in [0.15, 0.2) is 30.6 Å². The van der Waals surface area contributed by atoms with E-state index in [1.807, 2.05) is 30.8 Å². The molecular formula is C17H15ClN4O2S. The lowest BCUT2D eigenvalue weighted by molar-refractivity contribution is -0.122. The zero-order valence-corrected chi connectivity index (χ0v) is 15.2. The first kappa shape index (κ1) is 16.1. The number of rotatable bonds is 3. The molecule has 1 N–H and O–H groups in total. The Morgan fingerprint density at radius 2 is 2.32 bits per heavy atom. The number of ether oxygens (including phenoxy) is 1. The maximum Gasteiger partial charge on any atom is 0.267 e. The van der Waals surface area contributed by atoms with E-state index in [0.717, 1.165) is 22.0 Å². The SMILES string of the molecule is Cc1nc(NC(=O)[C@@H]2Cc3cc(Cl)ccc3O2)sc1-c1nccn1C. The molecule has 1 atom stereocenters. The Kier molecular flexibility index (Phi) is 3.97. The molecule has 0 bridgehead atoms. The molecule has 0 saturated heterocycles. The Balaban J connectivity index is 1.50. The van der Waals surface area contributed by atoms with E-state index >= 15 is 0 Å². The summed E-state index contributed by atoms with van der Waals surface area (Å²) in [6, 6.07) is 5.37. The standard InChI is InChI=1S/C17H15ClN4O2S/c1-9-14(15-19-5-6-22(15)2)25-17(20-9)21-16(23)13-8-10-7-11(18)3-4-12(10)24-13/h3-7,13H,8H2,1-2H3,(H,20,21,23)/t13-/m0/s1. The molecule has 2 aromatic heterocycles. The van der Waals surface area contributed by atoms with Gasteiger partial charge in [0.15, 0.2) is 17.1 Å². The first-order valence-corrected chi connectivity index (χ1v) is 8.92. The fourth-order valence-electron chi connectivity index (χ4n) is 2.79. The zero-order valence-electron chi connectivity index (χ0n) is 13.6. The summed E-state index contributed by atoms with van der Waals surface area (Å²) in [5.74, 6) is 1.32. The number of hydrogen-bond donors (Lipinski definition) is 1. The zero-order chi connectivity index (χ0) is 17.6. The van der Waals surface area contributed by atoms with Gasteiger partial charge in [-0.3, -0.25) is 10.1 Å².